The van der Waals surface area contributed by atoms with Crippen molar-refractivity contribution < 1.29 is 4.74 Å². The lowest BCUT2D eigenvalue weighted by molar-refractivity contribution is 0.363. The third-order valence-electron chi connectivity index (χ3n) is 6.16. The fourth-order valence-corrected chi connectivity index (χ4v) is 5.17. The summed E-state index contributed by atoms with van der Waals surface area (Å²) in [4.78, 5) is 13.0. The smallest absolute Gasteiger partial charge is 0.180 e. The molecule has 1 fully saturated rings. The van der Waals surface area contributed by atoms with Gasteiger partial charge in [0, 0.05) is 23.5 Å². The first kappa shape index (κ1) is 23.0. The van der Waals surface area contributed by atoms with Crippen molar-refractivity contribution in [2.75, 3.05) is 25.1 Å². The highest BCUT2D eigenvalue weighted by atomic mass is 35.5. The number of nitrogens with two attached hydrogens (primary N) is 1. The molecule has 0 spiro atoms. The van der Waals surface area contributed by atoms with Crippen molar-refractivity contribution in [3.05, 3.63) is 65.3 Å². The van der Waals surface area contributed by atoms with Gasteiger partial charge >= 0.3 is 0 Å². The maximum absolute atomic E-state index is 6.42. The second-order valence-corrected chi connectivity index (χ2v) is 10.3. The highest BCUT2D eigenvalue weighted by molar-refractivity contribution is 7.99. The van der Waals surface area contributed by atoms with E-state index < -0.39 is 0 Å². The van der Waals surface area contributed by atoms with E-state index in [1.807, 2.05) is 59.4 Å². The van der Waals surface area contributed by atoms with Gasteiger partial charge in [-0.25, -0.2) is 14.6 Å². The van der Waals surface area contributed by atoms with E-state index >= 15 is 0 Å². The first-order valence-corrected chi connectivity index (χ1v) is 12.4. The molecule has 34 heavy (non-hydrogen) atoms. The highest BCUT2D eigenvalue weighted by Crippen LogP contribution is 2.36. The predicted octanol–water partition coefficient (Wildman–Crippen LogP) is 5.01. The number of nitrogens with zero attached hydrogens (tertiary/aromatic N) is 5. The van der Waals surface area contributed by atoms with Gasteiger partial charge in [-0.1, -0.05) is 47.6 Å². The van der Waals surface area contributed by atoms with Crippen LogP contribution in [0.1, 0.15) is 25.3 Å². The minimum Gasteiger partial charge on any atom is -0.497 e. The van der Waals surface area contributed by atoms with Crippen LogP contribution in [0.3, 0.4) is 0 Å². The normalized spacial score (nSPS) is 15.6. The first-order valence-electron chi connectivity index (χ1n) is 11.2. The standard InChI is InChI=1S/C25H27ClN6OS/c1-25(27)11-13-31(14-12-25)21-15-28-22-23(29-21)32(16-17-7-9-18(33-2)10-8-17)30-24(22)34-20-6-4-3-5-19(20)26/h3-10,15H,11-14,16,27H2,1-2H3. The number of rotatable bonds is 6. The number of anilines is 1. The van der Waals surface area contributed by atoms with Gasteiger partial charge in [0.05, 0.1) is 24.9 Å². The molecule has 2 aromatic heterocycles. The van der Waals surface area contributed by atoms with E-state index in [-0.39, 0.29) is 5.54 Å². The number of benzene rings is 2. The van der Waals surface area contributed by atoms with E-state index in [0.29, 0.717) is 11.6 Å². The Morgan fingerprint density at radius 3 is 2.56 bits per heavy atom. The van der Waals surface area contributed by atoms with Crippen molar-refractivity contribution in [1.82, 2.24) is 19.7 Å². The van der Waals surface area contributed by atoms with Gasteiger partial charge in [-0.05, 0) is 49.6 Å². The average Bonchev–Trinajstić information content (AvgIpc) is 3.17. The molecule has 7 nitrogen and oxygen atoms in total. The molecule has 0 bridgehead atoms. The Kier molecular flexibility index (Phi) is 6.38. The van der Waals surface area contributed by atoms with Gasteiger partial charge in [0.15, 0.2) is 10.7 Å². The minimum atomic E-state index is -0.122. The second kappa shape index (κ2) is 9.44. The van der Waals surface area contributed by atoms with Crippen LogP contribution in [0, 0.1) is 0 Å². The number of hydrogen-bond acceptors (Lipinski definition) is 7. The summed E-state index contributed by atoms with van der Waals surface area (Å²) in [7, 11) is 1.67. The molecule has 1 aliphatic rings. The molecule has 9 heteroatoms. The zero-order valence-corrected chi connectivity index (χ0v) is 20.8. The molecule has 2 aromatic carbocycles. The molecular formula is C25H27ClN6OS. The van der Waals surface area contributed by atoms with Gasteiger partial charge in [-0.15, -0.1) is 0 Å². The topological polar surface area (TPSA) is 82.1 Å². The van der Waals surface area contributed by atoms with E-state index in [2.05, 4.69) is 11.8 Å². The van der Waals surface area contributed by atoms with Crippen LogP contribution in [-0.4, -0.2) is 45.5 Å². The highest BCUT2D eigenvalue weighted by Gasteiger charge is 2.27. The zero-order chi connectivity index (χ0) is 23.7. The van der Waals surface area contributed by atoms with E-state index in [1.165, 1.54) is 11.8 Å². The van der Waals surface area contributed by atoms with Gasteiger partial charge < -0.3 is 15.4 Å². The van der Waals surface area contributed by atoms with Crippen molar-refractivity contribution in [2.45, 2.75) is 41.8 Å². The summed E-state index contributed by atoms with van der Waals surface area (Å²) in [5.41, 5.74) is 8.83. The number of hydrogen-bond donors (Lipinski definition) is 1. The van der Waals surface area contributed by atoms with Crippen LogP contribution >= 0.6 is 23.4 Å². The van der Waals surface area contributed by atoms with Crippen molar-refractivity contribution in [2.24, 2.45) is 5.73 Å². The lowest BCUT2D eigenvalue weighted by atomic mass is 9.91. The van der Waals surface area contributed by atoms with Gasteiger partial charge in [0.1, 0.15) is 17.1 Å². The minimum absolute atomic E-state index is 0.122. The van der Waals surface area contributed by atoms with E-state index in [4.69, 9.17) is 37.1 Å². The molecule has 1 saturated heterocycles. The Bertz CT molecular complexity index is 1300. The van der Waals surface area contributed by atoms with Crippen LogP contribution in [0.2, 0.25) is 5.02 Å². The number of fused-ring (bicyclic) bond motifs is 1. The van der Waals surface area contributed by atoms with Crippen LogP contribution < -0.4 is 15.4 Å². The summed E-state index contributed by atoms with van der Waals surface area (Å²) < 4.78 is 7.21. The molecule has 4 aromatic rings. The number of aromatic nitrogens is 4. The van der Waals surface area contributed by atoms with E-state index in [1.54, 1.807) is 7.11 Å². The largest absolute Gasteiger partial charge is 0.497 e. The monoisotopic (exact) mass is 494 g/mol. The zero-order valence-electron chi connectivity index (χ0n) is 19.2. The Morgan fingerprint density at radius 1 is 1.12 bits per heavy atom. The van der Waals surface area contributed by atoms with Gasteiger partial charge in [-0.2, -0.15) is 5.10 Å². The molecule has 0 amide bonds. The molecule has 5 rings (SSSR count). The van der Waals surface area contributed by atoms with Crippen molar-refractivity contribution in [3.63, 3.8) is 0 Å². The van der Waals surface area contributed by atoms with Crippen LogP contribution in [0.25, 0.3) is 11.2 Å². The Hall–Kier alpha value is -2.81. The van der Waals surface area contributed by atoms with Crippen LogP contribution in [0.4, 0.5) is 5.82 Å². The first-order chi connectivity index (χ1) is 16.4. The van der Waals surface area contributed by atoms with Crippen LogP contribution in [-0.2, 0) is 6.54 Å². The SMILES string of the molecule is COc1ccc(Cn2nc(Sc3ccccc3Cl)c3ncc(N4CCC(C)(N)CC4)nc32)cc1. The van der Waals surface area contributed by atoms with Crippen LogP contribution in [0.5, 0.6) is 5.75 Å². The third-order valence-corrected chi connectivity index (χ3v) is 7.65. The van der Waals surface area contributed by atoms with Crippen molar-refractivity contribution in [1.29, 1.82) is 0 Å². The fourth-order valence-electron chi connectivity index (χ4n) is 4.02. The maximum atomic E-state index is 6.42. The number of methoxy groups -OCH3 is 1. The molecule has 0 aliphatic carbocycles. The summed E-state index contributed by atoms with van der Waals surface area (Å²) in [6.45, 7) is 4.41. The lowest BCUT2D eigenvalue weighted by Crippen LogP contribution is -2.48. The summed E-state index contributed by atoms with van der Waals surface area (Å²) in [6.07, 6.45) is 3.69. The van der Waals surface area contributed by atoms with E-state index in [9.17, 15) is 0 Å². The molecule has 0 saturated carbocycles. The summed E-state index contributed by atoms with van der Waals surface area (Å²) in [5.74, 6) is 1.68. The molecule has 176 valence electrons. The quantitative estimate of drug-likeness (QED) is 0.403. The average molecular weight is 495 g/mol. The van der Waals surface area contributed by atoms with Gasteiger partial charge in [0.2, 0.25) is 0 Å². The maximum Gasteiger partial charge on any atom is 0.180 e. The molecule has 0 unspecified atom stereocenters. The van der Waals surface area contributed by atoms with Gasteiger partial charge in [-0.3, -0.25) is 0 Å². The summed E-state index contributed by atoms with van der Waals surface area (Å²) in [6, 6.07) is 15.7. The Morgan fingerprint density at radius 2 is 1.85 bits per heavy atom. The number of halogens is 1. The molecular weight excluding hydrogens is 468 g/mol. The molecule has 1 aliphatic heterocycles. The molecule has 0 radical (unpaired) electrons. The Labute approximate surface area is 208 Å². The van der Waals surface area contributed by atoms with Crippen molar-refractivity contribution in [3.8, 4) is 5.75 Å². The van der Waals surface area contributed by atoms with Gasteiger partial charge in [0.25, 0.3) is 0 Å². The fraction of sp³-hybridized carbons (Fsp3) is 0.320. The number of piperidine rings is 1. The Balaban J connectivity index is 1.52. The molecule has 0 atom stereocenters. The third kappa shape index (κ3) is 4.85. The second-order valence-electron chi connectivity index (χ2n) is 8.88. The summed E-state index contributed by atoms with van der Waals surface area (Å²) in [5, 5.41) is 6.37. The van der Waals surface area contributed by atoms with E-state index in [0.717, 1.165) is 64.1 Å². The number of ether oxygens (including phenoxy) is 1. The lowest BCUT2D eigenvalue weighted by Gasteiger charge is -2.37. The summed E-state index contributed by atoms with van der Waals surface area (Å²) >= 11 is 7.93. The predicted molar refractivity (Wildman–Crippen MR) is 137 cm³/mol. The molecule has 3 heterocycles. The van der Waals surface area contributed by atoms with Crippen molar-refractivity contribution >= 4 is 40.3 Å². The molecule has 2 N–H and O–H groups in total. The van der Waals surface area contributed by atoms with Crippen LogP contribution in [0.15, 0.2) is 64.6 Å².